The third-order valence-electron chi connectivity index (χ3n) is 2.23. The molecule has 1 aromatic rings. The Morgan fingerprint density at radius 2 is 1.38 bits per heavy atom. The van der Waals surface area contributed by atoms with E-state index in [1.807, 2.05) is 0 Å². The normalized spacial score (nSPS) is 10.4. The summed E-state index contributed by atoms with van der Waals surface area (Å²) in [5, 5.41) is 0. The van der Waals surface area contributed by atoms with Gasteiger partial charge >= 0.3 is 30.8 Å². The molecule has 7 nitrogen and oxygen atoms in total. The maximum atomic E-state index is 11.6. The molecule has 0 atom stereocenters. The van der Waals surface area contributed by atoms with Crippen LogP contribution in [0.15, 0.2) is 23.1 Å². The van der Waals surface area contributed by atoms with Gasteiger partial charge in [0.15, 0.2) is 0 Å². The van der Waals surface area contributed by atoms with Crippen molar-refractivity contribution in [3.63, 3.8) is 0 Å². The molecule has 21 heavy (non-hydrogen) atoms. The van der Waals surface area contributed by atoms with Gasteiger partial charge in [0, 0.05) is 0 Å². The number of carbonyl (C=O) groups excluding carboxylic acids is 2. The van der Waals surface area contributed by atoms with Crippen LogP contribution in [0.5, 0.6) is 0 Å². The fourth-order valence-corrected chi connectivity index (χ4v) is 1.96. The van der Waals surface area contributed by atoms with Crippen LogP contribution in [0.25, 0.3) is 0 Å². The van der Waals surface area contributed by atoms with Gasteiger partial charge in [-0.1, -0.05) is 0 Å². The molecule has 1 N–H and O–H groups in total. The Labute approximate surface area is 134 Å². The van der Waals surface area contributed by atoms with Crippen LogP contribution >= 0.6 is 0 Å². The molecule has 0 aliphatic rings. The van der Waals surface area contributed by atoms with E-state index in [9.17, 15) is 18.0 Å². The van der Waals surface area contributed by atoms with E-state index in [0.717, 1.165) is 18.2 Å². The van der Waals surface area contributed by atoms with Crippen molar-refractivity contribution in [2.75, 3.05) is 13.2 Å². The summed E-state index contributed by atoms with van der Waals surface area (Å²) in [5.41, 5.74) is -0.324. The van der Waals surface area contributed by atoms with Gasteiger partial charge in [0.2, 0.25) is 0 Å². The van der Waals surface area contributed by atoms with Crippen molar-refractivity contribution in [2.24, 2.45) is 0 Å². The van der Waals surface area contributed by atoms with Crippen LogP contribution in [0, 0.1) is 0 Å². The summed E-state index contributed by atoms with van der Waals surface area (Å²) in [7, 11) is -4.56. The van der Waals surface area contributed by atoms with Crippen molar-refractivity contribution in [3.8, 4) is 0 Å². The predicted molar refractivity (Wildman–Crippen MR) is 75.3 cm³/mol. The Balaban J connectivity index is 0.00000400. The van der Waals surface area contributed by atoms with Gasteiger partial charge in [-0.05, 0) is 32.0 Å². The van der Waals surface area contributed by atoms with Crippen molar-refractivity contribution in [1.29, 1.82) is 0 Å². The molecule has 0 aliphatic heterocycles. The number of carbonyl (C=O) groups is 2. The minimum absolute atomic E-state index is 0. The monoisotopic (exact) mass is 310 g/mol. The summed E-state index contributed by atoms with van der Waals surface area (Å²) < 4.78 is 40.8. The molecular formula is C12H15LiO7S. The van der Waals surface area contributed by atoms with Crippen molar-refractivity contribution >= 4 is 40.9 Å². The van der Waals surface area contributed by atoms with Gasteiger partial charge < -0.3 is 9.47 Å². The molecule has 0 spiro atoms. The van der Waals surface area contributed by atoms with Gasteiger partial charge in [-0.15, -0.1) is 0 Å². The average Bonchev–Trinajstić information content (AvgIpc) is 2.37. The van der Waals surface area contributed by atoms with Crippen LogP contribution in [0.4, 0.5) is 0 Å². The third-order valence-corrected chi connectivity index (χ3v) is 3.06. The molecule has 1 aromatic carbocycles. The molecule has 1 rings (SSSR count). The van der Waals surface area contributed by atoms with Crippen LogP contribution in [0.1, 0.15) is 34.6 Å². The van der Waals surface area contributed by atoms with Gasteiger partial charge in [-0.25, -0.2) is 9.59 Å². The zero-order valence-corrected chi connectivity index (χ0v) is 11.8. The van der Waals surface area contributed by atoms with E-state index in [-0.39, 0.29) is 43.2 Å². The topological polar surface area (TPSA) is 107 Å². The summed E-state index contributed by atoms with van der Waals surface area (Å²) in [6, 6.07) is 3.00. The van der Waals surface area contributed by atoms with E-state index in [4.69, 9.17) is 14.0 Å². The number of rotatable bonds is 5. The molecule has 0 aromatic heterocycles. The van der Waals surface area contributed by atoms with E-state index in [2.05, 4.69) is 0 Å². The molecule has 0 saturated carbocycles. The molecule has 0 saturated heterocycles. The summed E-state index contributed by atoms with van der Waals surface area (Å²) in [6.07, 6.45) is 0. The molecule has 0 aliphatic carbocycles. The number of benzene rings is 1. The van der Waals surface area contributed by atoms with Gasteiger partial charge in [0.25, 0.3) is 10.1 Å². The summed E-state index contributed by atoms with van der Waals surface area (Å²) >= 11 is 0. The SMILES string of the molecule is CCOC(=O)c1cc(C(=O)OCC)cc(S(=O)(=O)O)c1.[LiH]. The molecule has 0 radical (unpaired) electrons. The zero-order chi connectivity index (χ0) is 15.3. The molecule has 0 heterocycles. The molecule has 0 unspecified atom stereocenters. The van der Waals surface area contributed by atoms with Crippen molar-refractivity contribution < 1.29 is 32.0 Å². The van der Waals surface area contributed by atoms with Gasteiger partial charge in [0.1, 0.15) is 0 Å². The first-order chi connectivity index (χ1) is 9.29. The summed E-state index contributed by atoms with van der Waals surface area (Å²) in [6.45, 7) is 3.33. The molecule has 0 bridgehead atoms. The molecule has 9 heteroatoms. The quantitative estimate of drug-likeness (QED) is 0.483. The Bertz CT molecular complexity index is 588. The van der Waals surface area contributed by atoms with Crippen LogP contribution in [-0.2, 0) is 19.6 Å². The van der Waals surface area contributed by atoms with Gasteiger partial charge in [-0.2, -0.15) is 8.42 Å². The van der Waals surface area contributed by atoms with Crippen molar-refractivity contribution in [1.82, 2.24) is 0 Å². The Morgan fingerprint density at radius 1 is 1.00 bits per heavy atom. The summed E-state index contributed by atoms with van der Waals surface area (Å²) in [4.78, 5) is 22.6. The Hall–Kier alpha value is -1.33. The van der Waals surface area contributed by atoms with E-state index >= 15 is 0 Å². The second kappa shape index (κ2) is 8.19. The minimum atomic E-state index is -4.56. The average molecular weight is 310 g/mol. The first-order valence-corrected chi connectivity index (χ1v) is 7.20. The van der Waals surface area contributed by atoms with E-state index in [0.29, 0.717) is 0 Å². The number of esters is 2. The molecule has 112 valence electrons. The Kier molecular flexibility index (Phi) is 7.67. The Morgan fingerprint density at radius 3 is 1.67 bits per heavy atom. The molecule has 0 amide bonds. The fourth-order valence-electron chi connectivity index (χ4n) is 1.41. The van der Waals surface area contributed by atoms with Gasteiger partial charge in [0.05, 0.1) is 29.2 Å². The second-order valence-electron chi connectivity index (χ2n) is 3.66. The van der Waals surface area contributed by atoms with Crippen LogP contribution < -0.4 is 0 Å². The van der Waals surface area contributed by atoms with Crippen molar-refractivity contribution in [3.05, 3.63) is 29.3 Å². The number of hydrogen-bond acceptors (Lipinski definition) is 6. The summed E-state index contributed by atoms with van der Waals surface area (Å²) in [5.74, 6) is -1.60. The zero-order valence-electron chi connectivity index (χ0n) is 11.0. The third kappa shape index (κ3) is 5.51. The second-order valence-corrected chi connectivity index (χ2v) is 5.08. The molecular weight excluding hydrogens is 295 g/mol. The van der Waals surface area contributed by atoms with Crippen molar-refractivity contribution in [2.45, 2.75) is 18.7 Å². The predicted octanol–water partition coefficient (Wildman–Crippen LogP) is 0.638. The first-order valence-electron chi connectivity index (χ1n) is 5.76. The maximum absolute atomic E-state index is 11.6. The number of hydrogen-bond donors (Lipinski definition) is 1. The first kappa shape index (κ1) is 19.7. The molecule has 0 fully saturated rings. The van der Waals surface area contributed by atoms with Crippen LogP contribution in [0.2, 0.25) is 0 Å². The van der Waals surface area contributed by atoms with Crippen LogP contribution in [-0.4, -0.2) is 57.0 Å². The van der Waals surface area contributed by atoms with Crippen LogP contribution in [0.3, 0.4) is 0 Å². The standard InChI is InChI=1S/C12H14O7S.Li.H/c1-3-18-11(13)8-5-9(12(14)19-4-2)7-10(6-8)20(15,16)17;;/h5-7H,3-4H2,1-2H3,(H,15,16,17);;. The van der Waals surface area contributed by atoms with E-state index in [1.165, 1.54) is 0 Å². The van der Waals surface area contributed by atoms with E-state index in [1.54, 1.807) is 13.8 Å². The van der Waals surface area contributed by atoms with Gasteiger partial charge in [-0.3, -0.25) is 4.55 Å². The fraction of sp³-hybridized carbons (Fsp3) is 0.333. The van der Waals surface area contributed by atoms with E-state index < -0.39 is 27.0 Å². The number of ether oxygens (including phenoxy) is 2.